The topological polar surface area (TPSA) is 109 Å². The van der Waals surface area contributed by atoms with Gasteiger partial charge in [0.15, 0.2) is 23.0 Å². The van der Waals surface area contributed by atoms with Crippen LogP contribution in [0.3, 0.4) is 0 Å². The zero-order valence-corrected chi connectivity index (χ0v) is 22.4. The number of anilines is 1. The third kappa shape index (κ3) is 4.43. The van der Waals surface area contributed by atoms with Gasteiger partial charge in [-0.15, -0.1) is 0 Å². The molecule has 0 radical (unpaired) electrons. The summed E-state index contributed by atoms with van der Waals surface area (Å²) < 4.78 is 13.1. The lowest BCUT2D eigenvalue weighted by Gasteiger charge is -2.29. The lowest BCUT2D eigenvalue weighted by molar-refractivity contribution is -0.116. The molecule has 1 amide bonds. The highest BCUT2D eigenvalue weighted by molar-refractivity contribution is 8.00. The second-order valence-electron chi connectivity index (χ2n) is 8.89. The van der Waals surface area contributed by atoms with E-state index in [1.54, 1.807) is 37.3 Å². The standard InChI is InChI=1S/C27H27N5O5S/c1-30-24-22(26(34)31(2)27(30)35)25(29-23(28-24)17-11-12-19(36-3)20(14-17)37-4)38-15-21(33)32-13-7-9-16-8-5-6-10-18(16)32/h5-6,8,10-12,14H,7,9,13,15H2,1-4H3. The first kappa shape index (κ1) is 25.5. The maximum absolute atomic E-state index is 13.3. The second-order valence-corrected chi connectivity index (χ2v) is 9.86. The van der Waals surface area contributed by atoms with Crippen molar-refractivity contribution >= 4 is 34.4 Å². The lowest BCUT2D eigenvalue weighted by atomic mass is 10.0. The zero-order valence-electron chi connectivity index (χ0n) is 21.6. The molecule has 4 aromatic rings. The maximum Gasteiger partial charge on any atom is 0.332 e. The van der Waals surface area contributed by atoms with Crippen molar-refractivity contribution in [3.63, 3.8) is 0 Å². The summed E-state index contributed by atoms with van der Waals surface area (Å²) in [7, 11) is 6.04. The molecular formula is C27H27N5O5S. The summed E-state index contributed by atoms with van der Waals surface area (Å²) in [5.74, 6) is 1.31. The molecule has 0 N–H and O–H groups in total. The van der Waals surface area contributed by atoms with Crippen molar-refractivity contribution in [3.05, 3.63) is 68.9 Å². The highest BCUT2D eigenvalue weighted by Gasteiger charge is 2.24. The van der Waals surface area contributed by atoms with Crippen molar-refractivity contribution in [1.82, 2.24) is 19.1 Å². The number of carbonyl (C=O) groups is 1. The van der Waals surface area contributed by atoms with Gasteiger partial charge in [-0.2, -0.15) is 0 Å². The van der Waals surface area contributed by atoms with Gasteiger partial charge in [0.05, 0.1) is 20.0 Å². The normalized spacial score (nSPS) is 12.9. The summed E-state index contributed by atoms with van der Waals surface area (Å²) in [5.41, 5.74) is 1.84. The molecule has 1 aliphatic heterocycles. The van der Waals surface area contributed by atoms with E-state index in [-0.39, 0.29) is 22.7 Å². The number of hydrogen-bond acceptors (Lipinski definition) is 8. The SMILES string of the molecule is COc1ccc(-c2nc(SCC(=O)N3CCCc4ccccc43)c3c(=O)n(C)c(=O)n(C)c3n2)cc1OC. The molecule has 0 aliphatic carbocycles. The van der Waals surface area contributed by atoms with Gasteiger partial charge in [-0.25, -0.2) is 14.8 Å². The summed E-state index contributed by atoms with van der Waals surface area (Å²) in [6.07, 6.45) is 1.82. The minimum absolute atomic E-state index is 0.0673. The van der Waals surface area contributed by atoms with Gasteiger partial charge in [0.25, 0.3) is 5.56 Å². The van der Waals surface area contributed by atoms with Crippen LogP contribution in [-0.4, -0.2) is 51.5 Å². The fraction of sp³-hybridized carbons (Fsp3) is 0.296. The van der Waals surface area contributed by atoms with E-state index in [9.17, 15) is 14.4 Å². The number of ether oxygens (including phenoxy) is 2. The number of hydrogen-bond donors (Lipinski definition) is 0. The molecule has 10 nitrogen and oxygen atoms in total. The molecule has 2 aromatic carbocycles. The van der Waals surface area contributed by atoms with E-state index >= 15 is 0 Å². The van der Waals surface area contributed by atoms with Crippen molar-refractivity contribution in [2.75, 3.05) is 31.4 Å². The van der Waals surface area contributed by atoms with E-state index < -0.39 is 11.2 Å². The summed E-state index contributed by atoms with van der Waals surface area (Å²) in [6.45, 7) is 0.633. The predicted octanol–water partition coefficient (Wildman–Crippen LogP) is 2.78. The van der Waals surface area contributed by atoms with Crippen LogP contribution in [0.2, 0.25) is 0 Å². The highest BCUT2D eigenvalue weighted by Crippen LogP contribution is 2.33. The Labute approximate surface area is 222 Å². The van der Waals surface area contributed by atoms with Crippen LogP contribution in [0.5, 0.6) is 11.5 Å². The van der Waals surface area contributed by atoms with Crippen molar-refractivity contribution in [3.8, 4) is 22.9 Å². The molecule has 0 saturated carbocycles. The average Bonchev–Trinajstić information content (AvgIpc) is 2.96. The quantitative estimate of drug-likeness (QED) is 0.275. The van der Waals surface area contributed by atoms with Gasteiger partial charge in [-0.3, -0.25) is 18.7 Å². The lowest BCUT2D eigenvalue weighted by Crippen LogP contribution is -2.38. The molecule has 11 heteroatoms. The van der Waals surface area contributed by atoms with Crippen LogP contribution in [0.1, 0.15) is 12.0 Å². The van der Waals surface area contributed by atoms with Crippen LogP contribution in [-0.2, 0) is 25.3 Å². The van der Waals surface area contributed by atoms with E-state index in [1.165, 1.54) is 18.7 Å². The molecule has 38 heavy (non-hydrogen) atoms. The van der Waals surface area contributed by atoms with Gasteiger partial charge in [0.1, 0.15) is 10.4 Å². The van der Waals surface area contributed by atoms with E-state index in [1.807, 2.05) is 24.3 Å². The van der Waals surface area contributed by atoms with E-state index in [4.69, 9.17) is 14.5 Å². The summed E-state index contributed by atoms with van der Waals surface area (Å²) >= 11 is 1.16. The number of benzene rings is 2. The van der Waals surface area contributed by atoms with Crippen molar-refractivity contribution < 1.29 is 14.3 Å². The smallest absolute Gasteiger partial charge is 0.332 e. The highest BCUT2D eigenvalue weighted by atomic mass is 32.2. The molecule has 3 heterocycles. The average molecular weight is 534 g/mol. The Balaban J connectivity index is 1.59. The summed E-state index contributed by atoms with van der Waals surface area (Å²) in [6, 6.07) is 13.1. The number of para-hydroxylation sites is 1. The molecule has 196 valence electrons. The number of rotatable bonds is 6. The number of carbonyl (C=O) groups excluding carboxylic acids is 1. The molecule has 0 unspecified atom stereocenters. The first-order valence-corrected chi connectivity index (χ1v) is 13.0. The summed E-state index contributed by atoms with van der Waals surface area (Å²) in [4.78, 5) is 50.3. The van der Waals surface area contributed by atoms with Crippen LogP contribution in [0.25, 0.3) is 22.4 Å². The monoisotopic (exact) mass is 533 g/mol. The predicted molar refractivity (Wildman–Crippen MR) is 146 cm³/mol. The van der Waals surface area contributed by atoms with Crippen LogP contribution < -0.4 is 25.6 Å². The van der Waals surface area contributed by atoms with Gasteiger partial charge in [0, 0.05) is 31.9 Å². The third-order valence-electron chi connectivity index (χ3n) is 6.65. The minimum atomic E-state index is -0.514. The van der Waals surface area contributed by atoms with Gasteiger partial charge < -0.3 is 14.4 Å². The number of thioether (sulfide) groups is 1. The van der Waals surface area contributed by atoms with Gasteiger partial charge in [0.2, 0.25) is 5.91 Å². The Morgan fingerprint density at radius 1 is 1.00 bits per heavy atom. The van der Waals surface area contributed by atoms with E-state index in [0.717, 1.165) is 40.4 Å². The van der Waals surface area contributed by atoms with Gasteiger partial charge in [-0.1, -0.05) is 30.0 Å². The van der Waals surface area contributed by atoms with Crippen molar-refractivity contribution in [2.45, 2.75) is 17.9 Å². The molecule has 2 aromatic heterocycles. The molecule has 5 rings (SSSR count). The number of fused-ring (bicyclic) bond motifs is 2. The molecular weight excluding hydrogens is 506 g/mol. The Hall–Kier alpha value is -4.12. The maximum atomic E-state index is 13.3. The zero-order chi connectivity index (χ0) is 27.0. The molecule has 1 aliphatic rings. The van der Waals surface area contributed by atoms with Crippen molar-refractivity contribution in [2.24, 2.45) is 14.1 Å². The van der Waals surface area contributed by atoms with Crippen LogP contribution in [0, 0.1) is 0 Å². The number of methoxy groups -OCH3 is 2. The van der Waals surface area contributed by atoms with Gasteiger partial charge >= 0.3 is 5.69 Å². The molecule has 0 atom stereocenters. The third-order valence-corrected chi connectivity index (χ3v) is 7.61. The fourth-order valence-electron chi connectivity index (χ4n) is 4.64. The van der Waals surface area contributed by atoms with Crippen LogP contribution >= 0.6 is 11.8 Å². The van der Waals surface area contributed by atoms with Crippen molar-refractivity contribution in [1.29, 1.82) is 0 Å². The Morgan fingerprint density at radius 2 is 1.76 bits per heavy atom. The van der Waals surface area contributed by atoms with Gasteiger partial charge in [-0.05, 0) is 42.7 Å². The van der Waals surface area contributed by atoms with Crippen LogP contribution in [0.4, 0.5) is 5.69 Å². The first-order valence-electron chi connectivity index (χ1n) is 12.0. The summed E-state index contributed by atoms with van der Waals surface area (Å²) in [5, 5.41) is 0.519. The number of nitrogens with zero attached hydrogens (tertiary/aromatic N) is 5. The second kappa shape index (κ2) is 10.3. The minimum Gasteiger partial charge on any atom is -0.493 e. The van der Waals surface area contributed by atoms with E-state index in [2.05, 4.69) is 4.98 Å². The Bertz CT molecular complexity index is 1680. The molecule has 0 fully saturated rings. The fourth-order valence-corrected chi connectivity index (χ4v) is 5.53. The first-order chi connectivity index (χ1) is 18.3. The largest absolute Gasteiger partial charge is 0.493 e. The van der Waals surface area contributed by atoms with E-state index in [0.29, 0.717) is 34.5 Å². The van der Waals surface area contributed by atoms with Crippen LogP contribution in [0.15, 0.2) is 57.1 Å². The molecule has 0 spiro atoms. The molecule has 0 saturated heterocycles. The Morgan fingerprint density at radius 3 is 2.53 bits per heavy atom. The Kier molecular flexibility index (Phi) is 6.94. The number of amides is 1. The number of aromatic nitrogens is 4. The number of aryl methyl sites for hydroxylation is 2. The molecule has 0 bridgehead atoms.